The van der Waals surface area contributed by atoms with Crippen molar-refractivity contribution in [1.82, 2.24) is 14.7 Å². The lowest BCUT2D eigenvalue weighted by Gasteiger charge is -2.39. The number of carbonyl (C=O) groups excluding carboxylic acids is 1. The van der Waals surface area contributed by atoms with Crippen LogP contribution in [0.2, 0.25) is 0 Å². The Morgan fingerprint density at radius 2 is 1.88 bits per heavy atom. The summed E-state index contributed by atoms with van der Waals surface area (Å²) in [7, 11) is -3.97. The fourth-order valence-corrected chi connectivity index (χ4v) is 5.26. The number of nitrogens with one attached hydrogen (secondary N) is 1. The van der Waals surface area contributed by atoms with Crippen molar-refractivity contribution in [2.75, 3.05) is 26.2 Å². The van der Waals surface area contributed by atoms with Gasteiger partial charge in [0, 0.05) is 30.7 Å². The molecule has 32 heavy (non-hydrogen) atoms. The highest BCUT2D eigenvalue weighted by Crippen LogP contribution is 2.25. The predicted octanol–water partition coefficient (Wildman–Crippen LogP) is 2.23. The topological polar surface area (TPSA) is 99.2 Å². The van der Waals surface area contributed by atoms with Crippen LogP contribution >= 0.6 is 15.9 Å². The highest BCUT2D eigenvalue weighted by Gasteiger charge is 2.40. The molecule has 1 aliphatic rings. The second-order valence-corrected chi connectivity index (χ2v) is 9.96. The molecule has 8 nitrogen and oxygen atoms in total. The zero-order valence-corrected chi connectivity index (χ0v) is 19.9. The number of hydrogen-bond donors (Lipinski definition) is 2. The fraction of sp³-hybridized carbons (Fsp3) is 0.318. The first-order chi connectivity index (χ1) is 15.3. The Bertz CT molecular complexity index is 1100. The lowest BCUT2D eigenvalue weighted by molar-refractivity contribution is -0.135. The molecule has 3 rings (SSSR count). The maximum absolute atomic E-state index is 13.3. The molecule has 1 amide bonds. The lowest BCUT2D eigenvalue weighted by Crippen LogP contribution is -2.59. The number of carbonyl (C=O) groups is 1. The van der Waals surface area contributed by atoms with E-state index >= 15 is 0 Å². The van der Waals surface area contributed by atoms with Gasteiger partial charge in [0.15, 0.2) is 0 Å². The minimum absolute atomic E-state index is 0.0449. The minimum atomic E-state index is -3.97. The highest BCUT2D eigenvalue weighted by atomic mass is 79.9. The molecule has 2 aromatic rings. The SMILES string of the molecule is CC#CCOc1ccc(S(=O)(=O)N2CCN(Cc3ccc(Br)cc3)CC2C(=O)NO)cc1. The summed E-state index contributed by atoms with van der Waals surface area (Å²) in [6, 6.07) is 12.7. The number of piperazine rings is 1. The summed E-state index contributed by atoms with van der Waals surface area (Å²) in [5.41, 5.74) is 2.65. The van der Waals surface area contributed by atoms with Crippen LogP contribution < -0.4 is 10.2 Å². The molecular formula is C22H24BrN3O5S. The lowest BCUT2D eigenvalue weighted by atomic mass is 10.1. The highest BCUT2D eigenvalue weighted by molar-refractivity contribution is 9.10. The molecule has 2 aromatic carbocycles. The Labute approximate surface area is 196 Å². The Morgan fingerprint density at radius 3 is 2.50 bits per heavy atom. The molecule has 0 saturated carbocycles. The summed E-state index contributed by atoms with van der Waals surface area (Å²) in [6.07, 6.45) is 0. The van der Waals surface area contributed by atoms with Crippen molar-refractivity contribution in [3.63, 3.8) is 0 Å². The van der Waals surface area contributed by atoms with Gasteiger partial charge >= 0.3 is 0 Å². The van der Waals surface area contributed by atoms with E-state index in [0.29, 0.717) is 18.8 Å². The standard InChI is InChI=1S/C22H24BrN3O5S/c1-2-3-14-31-19-8-10-20(11-9-19)32(29,30)26-13-12-25(16-21(26)22(27)24-28)15-17-4-6-18(23)7-5-17/h4-11,21,28H,12-16H2,1H3,(H,24,27). The van der Waals surface area contributed by atoms with Crippen molar-refractivity contribution in [2.45, 2.75) is 24.4 Å². The number of benzene rings is 2. The number of sulfonamides is 1. The second kappa shape index (κ2) is 10.9. The van der Waals surface area contributed by atoms with Gasteiger partial charge in [-0.05, 0) is 48.9 Å². The molecule has 1 atom stereocenters. The largest absolute Gasteiger partial charge is 0.481 e. The normalized spacial score (nSPS) is 17.3. The number of rotatable bonds is 7. The van der Waals surface area contributed by atoms with E-state index in [1.54, 1.807) is 24.5 Å². The van der Waals surface area contributed by atoms with Crippen LogP contribution in [0.25, 0.3) is 0 Å². The third-order valence-electron chi connectivity index (χ3n) is 5.07. The number of nitrogens with zero attached hydrogens (tertiary/aromatic N) is 2. The van der Waals surface area contributed by atoms with E-state index in [2.05, 4.69) is 27.8 Å². The molecule has 2 N–H and O–H groups in total. The molecule has 0 radical (unpaired) electrons. The monoisotopic (exact) mass is 521 g/mol. The molecule has 1 unspecified atom stereocenters. The summed E-state index contributed by atoms with van der Waals surface area (Å²) in [4.78, 5) is 14.4. The second-order valence-electron chi connectivity index (χ2n) is 7.16. The zero-order valence-electron chi connectivity index (χ0n) is 17.5. The van der Waals surface area contributed by atoms with E-state index in [1.807, 2.05) is 29.2 Å². The number of hydrogen-bond acceptors (Lipinski definition) is 6. The third-order valence-corrected chi connectivity index (χ3v) is 7.52. The van der Waals surface area contributed by atoms with Crippen LogP contribution in [0.15, 0.2) is 57.9 Å². The van der Waals surface area contributed by atoms with Gasteiger partial charge in [0.2, 0.25) is 10.0 Å². The Hall–Kier alpha value is -2.42. The van der Waals surface area contributed by atoms with Crippen LogP contribution in [0.1, 0.15) is 12.5 Å². The van der Waals surface area contributed by atoms with Crippen molar-refractivity contribution < 1.29 is 23.2 Å². The molecule has 1 fully saturated rings. The average molecular weight is 522 g/mol. The van der Waals surface area contributed by atoms with Crippen LogP contribution in [0.5, 0.6) is 5.75 Å². The summed E-state index contributed by atoms with van der Waals surface area (Å²) < 4.78 is 34.1. The van der Waals surface area contributed by atoms with Crippen LogP contribution in [0.4, 0.5) is 0 Å². The molecule has 0 bridgehead atoms. The summed E-state index contributed by atoms with van der Waals surface area (Å²) >= 11 is 3.40. The smallest absolute Gasteiger partial charge is 0.263 e. The van der Waals surface area contributed by atoms with Gasteiger partial charge in [-0.15, -0.1) is 5.92 Å². The minimum Gasteiger partial charge on any atom is -0.481 e. The zero-order chi connectivity index (χ0) is 23.1. The first-order valence-electron chi connectivity index (χ1n) is 9.90. The summed E-state index contributed by atoms with van der Waals surface area (Å²) in [5.74, 6) is 5.21. The molecule has 0 aromatic heterocycles. The Kier molecular flexibility index (Phi) is 8.28. The molecule has 1 aliphatic heterocycles. The first-order valence-corrected chi connectivity index (χ1v) is 12.1. The Morgan fingerprint density at radius 1 is 1.19 bits per heavy atom. The fourth-order valence-electron chi connectivity index (χ4n) is 3.43. The van der Waals surface area contributed by atoms with Gasteiger partial charge in [-0.3, -0.25) is 14.9 Å². The van der Waals surface area contributed by atoms with Crippen LogP contribution in [0, 0.1) is 11.8 Å². The van der Waals surface area contributed by atoms with Gasteiger partial charge < -0.3 is 4.74 Å². The van der Waals surface area contributed by atoms with E-state index in [-0.39, 0.29) is 24.6 Å². The quantitative estimate of drug-likeness (QED) is 0.329. The van der Waals surface area contributed by atoms with Crippen molar-refractivity contribution in [3.05, 3.63) is 58.6 Å². The number of amides is 1. The Balaban J connectivity index is 1.76. The van der Waals surface area contributed by atoms with Gasteiger partial charge in [0.1, 0.15) is 18.4 Å². The van der Waals surface area contributed by atoms with Gasteiger partial charge in [-0.25, -0.2) is 13.9 Å². The van der Waals surface area contributed by atoms with Crippen molar-refractivity contribution in [2.24, 2.45) is 0 Å². The van der Waals surface area contributed by atoms with E-state index < -0.39 is 22.0 Å². The van der Waals surface area contributed by atoms with Gasteiger partial charge in [0.05, 0.1) is 4.90 Å². The average Bonchev–Trinajstić information content (AvgIpc) is 2.80. The summed E-state index contributed by atoms with van der Waals surface area (Å²) in [5, 5.41) is 9.21. The molecular weight excluding hydrogens is 498 g/mol. The molecule has 170 valence electrons. The molecule has 10 heteroatoms. The molecule has 0 aliphatic carbocycles. The molecule has 1 heterocycles. The maximum atomic E-state index is 13.3. The molecule has 0 spiro atoms. The van der Waals surface area contributed by atoms with Crippen LogP contribution in [-0.2, 0) is 21.4 Å². The first kappa shape index (κ1) is 24.2. The van der Waals surface area contributed by atoms with E-state index in [9.17, 15) is 18.4 Å². The van der Waals surface area contributed by atoms with E-state index in [4.69, 9.17) is 4.74 Å². The van der Waals surface area contributed by atoms with E-state index in [0.717, 1.165) is 14.3 Å². The number of halogens is 1. The summed E-state index contributed by atoms with van der Waals surface area (Å²) in [6.45, 7) is 3.18. The van der Waals surface area contributed by atoms with Crippen molar-refractivity contribution in [3.8, 4) is 17.6 Å². The number of ether oxygens (including phenoxy) is 1. The molecule has 1 saturated heterocycles. The maximum Gasteiger partial charge on any atom is 0.263 e. The third kappa shape index (κ3) is 5.88. The van der Waals surface area contributed by atoms with Crippen LogP contribution in [-0.4, -0.2) is 61.0 Å². The van der Waals surface area contributed by atoms with Gasteiger partial charge in [0.25, 0.3) is 5.91 Å². The van der Waals surface area contributed by atoms with Crippen molar-refractivity contribution in [1.29, 1.82) is 0 Å². The van der Waals surface area contributed by atoms with Gasteiger partial charge in [-0.2, -0.15) is 4.31 Å². The van der Waals surface area contributed by atoms with Gasteiger partial charge in [-0.1, -0.05) is 34.0 Å². The van der Waals surface area contributed by atoms with E-state index in [1.165, 1.54) is 12.1 Å². The number of hydroxylamine groups is 1. The van der Waals surface area contributed by atoms with Crippen molar-refractivity contribution >= 4 is 31.9 Å². The van der Waals surface area contributed by atoms with Crippen LogP contribution in [0.3, 0.4) is 0 Å². The predicted molar refractivity (Wildman–Crippen MR) is 122 cm³/mol.